The molecule has 0 aliphatic carbocycles. The maximum absolute atomic E-state index is 9.58. The van der Waals surface area contributed by atoms with E-state index in [-0.39, 0.29) is 18.7 Å². The van der Waals surface area contributed by atoms with Crippen LogP contribution in [0.25, 0.3) is 0 Å². The van der Waals surface area contributed by atoms with Crippen molar-refractivity contribution in [1.82, 2.24) is 5.32 Å². The summed E-state index contributed by atoms with van der Waals surface area (Å²) in [6.07, 6.45) is -0.775. The van der Waals surface area contributed by atoms with E-state index in [2.05, 4.69) is 19.2 Å². The molecule has 78 valence electrons. The Bertz CT molecular complexity index is 163. The molecule has 1 fully saturated rings. The summed E-state index contributed by atoms with van der Waals surface area (Å²) in [5, 5.41) is 30.9. The summed E-state index contributed by atoms with van der Waals surface area (Å²) >= 11 is 0. The fourth-order valence-electron chi connectivity index (χ4n) is 1.82. The van der Waals surface area contributed by atoms with Crippen LogP contribution in [0.5, 0.6) is 0 Å². The number of rotatable bonds is 3. The SMILES string of the molecule is CC(C)C[C@@H]1N[C@H](CO)[C@H](O)[C@@H]1O. The van der Waals surface area contributed by atoms with E-state index in [1.807, 2.05) is 0 Å². The van der Waals surface area contributed by atoms with Crippen LogP contribution in [0.2, 0.25) is 0 Å². The van der Waals surface area contributed by atoms with Gasteiger partial charge in [0.2, 0.25) is 0 Å². The van der Waals surface area contributed by atoms with Crippen LogP contribution < -0.4 is 5.32 Å². The fourth-order valence-corrected chi connectivity index (χ4v) is 1.82. The molecule has 0 saturated carbocycles. The Morgan fingerprint density at radius 2 is 1.69 bits per heavy atom. The van der Waals surface area contributed by atoms with Gasteiger partial charge in [-0.3, -0.25) is 0 Å². The number of aliphatic hydroxyl groups is 3. The molecule has 0 bridgehead atoms. The van der Waals surface area contributed by atoms with Crippen LogP contribution in [0, 0.1) is 5.92 Å². The number of nitrogens with one attached hydrogen (secondary N) is 1. The zero-order valence-corrected chi connectivity index (χ0v) is 8.14. The first kappa shape index (κ1) is 10.9. The second-order valence-corrected chi connectivity index (χ2v) is 4.17. The molecule has 1 heterocycles. The van der Waals surface area contributed by atoms with E-state index in [0.29, 0.717) is 5.92 Å². The Morgan fingerprint density at radius 1 is 1.15 bits per heavy atom. The summed E-state index contributed by atoms with van der Waals surface area (Å²) in [6, 6.07) is -0.467. The molecule has 4 atom stereocenters. The van der Waals surface area contributed by atoms with Crippen molar-refractivity contribution in [2.75, 3.05) is 6.61 Å². The lowest BCUT2D eigenvalue weighted by Crippen LogP contribution is -2.36. The number of hydrogen-bond acceptors (Lipinski definition) is 4. The van der Waals surface area contributed by atoms with E-state index in [1.165, 1.54) is 0 Å². The molecule has 0 amide bonds. The van der Waals surface area contributed by atoms with Gasteiger partial charge < -0.3 is 20.6 Å². The van der Waals surface area contributed by atoms with E-state index in [0.717, 1.165) is 6.42 Å². The minimum atomic E-state index is -0.839. The predicted molar refractivity (Wildman–Crippen MR) is 49.3 cm³/mol. The van der Waals surface area contributed by atoms with Gasteiger partial charge in [0, 0.05) is 6.04 Å². The van der Waals surface area contributed by atoms with E-state index >= 15 is 0 Å². The summed E-state index contributed by atoms with van der Waals surface area (Å²) in [5.74, 6) is 0.469. The predicted octanol–water partition coefficient (Wildman–Crippen LogP) is -0.913. The third-order valence-electron chi connectivity index (χ3n) is 2.52. The van der Waals surface area contributed by atoms with E-state index in [1.54, 1.807) is 0 Å². The second kappa shape index (κ2) is 4.37. The first-order chi connectivity index (χ1) is 6.06. The molecule has 0 unspecified atom stereocenters. The van der Waals surface area contributed by atoms with E-state index in [4.69, 9.17) is 5.11 Å². The average molecular weight is 189 g/mol. The maximum Gasteiger partial charge on any atom is 0.0989 e. The highest BCUT2D eigenvalue weighted by Gasteiger charge is 2.40. The normalized spacial score (nSPS) is 40.2. The molecule has 0 aromatic heterocycles. The van der Waals surface area contributed by atoms with Gasteiger partial charge in [0.1, 0.15) is 0 Å². The van der Waals surface area contributed by atoms with Gasteiger partial charge in [-0.2, -0.15) is 0 Å². The Labute approximate surface area is 78.6 Å². The second-order valence-electron chi connectivity index (χ2n) is 4.17. The van der Waals surface area contributed by atoms with Gasteiger partial charge in [0.15, 0.2) is 0 Å². The lowest BCUT2D eigenvalue weighted by molar-refractivity contribution is 0.0176. The summed E-state index contributed by atoms with van der Waals surface area (Å²) in [7, 11) is 0. The molecular weight excluding hydrogens is 170 g/mol. The molecule has 1 aliphatic heterocycles. The molecule has 0 aromatic rings. The molecule has 0 radical (unpaired) electrons. The Hall–Kier alpha value is -0.160. The highest BCUT2D eigenvalue weighted by atomic mass is 16.3. The zero-order chi connectivity index (χ0) is 10.0. The molecule has 4 heteroatoms. The third kappa shape index (κ3) is 2.40. The van der Waals surface area contributed by atoms with E-state index < -0.39 is 12.2 Å². The van der Waals surface area contributed by atoms with Gasteiger partial charge in [-0.15, -0.1) is 0 Å². The number of hydrogen-bond donors (Lipinski definition) is 4. The summed E-state index contributed by atoms with van der Waals surface area (Å²) in [5.41, 5.74) is 0. The molecule has 0 aromatic carbocycles. The van der Waals surface area contributed by atoms with Crippen LogP contribution in [0.15, 0.2) is 0 Å². The van der Waals surface area contributed by atoms with Crippen LogP contribution >= 0.6 is 0 Å². The maximum atomic E-state index is 9.58. The van der Waals surface area contributed by atoms with Crippen molar-refractivity contribution >= 4 is 0 Å². The zero-order valence-electron chi connectivity index (χ0n) is 8.14. The topological polar surface area (TPSA) is 72.7 Å². The van der Waals surface area contributed by atoms with E-state index in [9.17, 15) is 10.2 Å². The Balaban J connectivity index is 2.50. The molecule has 0 spiro atoms. The van der Waals surface area contributed by atoms with Gasteiger partial charge in [0.25, 0.3) is 0 Å². The molecule has 1 aliphatic rings. The highest BCUT2D eigenvalue weighted by Crippen LogP contribution is 2.19. The van der Waals surface area contributed by atoms with Crippen molar-refractivity contribution in [2.45, 2.75) is 44.6 Å². The van der Waals surface area contributed by atoms with Gasteiger partial charge >= 0.3 is 0 Å². The summed E-state index contributed by atoms with van der Waals surface area (Å²) in [6.45, 7) is 3.99. The van der Waals surface area contributed by atoms with Crippen LogP contribution in [-0.4, -0.2) is 46.2 Å². The third-order valence-corrected chi connectivity index (χ3v) is 2.52. The lowest BCUT2D eigenvalue weighted by Gasteiger charge is -2.17. The Morgan fingerprint density at radius 3 is 2.08 bits per heavy atom. The first-order valence-electron chi connectivity index (χ1n) is 4.79. The van der Waals surface area contributed by atoms with Crippen molar-refractivity contribution in [3.05, 3.63) is 0 Å². The minimum Gasteiger partial charge on any atom is -0.395 e. The highest BCUT2D eigenvalue weighted by molar-refractivity contribution is 4.97. The van der Waals surface area contributed by atoms with Gasteiger partial charge in [0.05, 0.1) is 24.9 Å². The van der Waals surface area contributed by atoms with Crippen LogP contribution in [-0.2, 0) is 0 Å². The lowest BCUT2D eigenvalue weighted by atomic mass is 9.99. The average Bonchev–Trinajstić information content (AvgIpc) is 2.32. The van der Waals surface area contributed by atoms with Gasteiger partial charge in [-0.1, -0.05) is 13.8 Å². The molecule has 4 N–H and O–H groups in total. The van der Waals surface area contributed by atoms with Gasteiger partial charge in [-0.05, 0) is 12.3 Å². The van der Waals surface area contributed by atoms with Gasteiger partial charge in [-0.25, -0.2) is 0 Å². The first-order valence-corrected chi connectivity index (χ1v) is 4.79. The smallest absolute Gasteiger partial charge is 0.0989 e. The standard InChI is InChI=1S/C9H19NO3/c1-5(2)3-6-8(12)9(13)7(4-11)10-6/h5-13H,3-4H2,1-2H3/t6-,7+,8+,9-/m0/s1. The molecule has 1 rings (SSSR count). The van der Waals surface area contributed by atoms with Crippen molar-refractivity contribution < 1.29 is 15.3 Å². The Kier molecular flexibility index (Phi) is 3.67. The van der Waals surface area contributed by atoms with Crippen molar-refractivity contribution in [1.29, 1.82) is 0 Å². The van der Waals surface area contributed by atoms with Crippen LogP contribution in [0.4, 0.5) is 0 Å². The van der Waals surface area contributed by atoms with Crippen LogP contribution in [0.1, 0.15) is 20.3 Å². The molecule has 1 saturated heterocycles. The fraction of sp³-hybridized carbons (Fsp3) is 1.00. The largest absolute Gasteiger partial charge is 0.395 e. The number of aliphatic hydroxyl groups excluding tert-OH is 3. The minimum absolute atomic E-state index is 0.0906. The van der Waals surface area contributed by atoms with Crippen molar-refractivity contribution in [3.8, 4) is 0 Å². The monoisotopic (exact) mass is 189 g/mol. The molecule has 13 heavy (non-hydrogen) atoms. The van der Waals surface area contributed by atoms with Crippen molar-refractivity contribution in [2.24, 2.45) is 5.92 Å². The van der Waals surface area contributed by atoms with Crippen LogP contribution in [0.3, 0.4) is 0 Å². The summed E-state index contributed by atoms with van der Waals surface area (Å²) in [4.78, 5) is 0. The molecule has 4 nitrogen and oxygen atoms in total. The quantitative estimate of drug-likeness (QED) is 0.463. The summed E-state index contributed by atoms with van der Waals surface area (Å²) < 4.78 is 0. The van der Waals surface area contributed by atoms with Crippen molar-refractivity contribution in [3.63, 3.8) is 0 Å². The molecular formula is C9H19NO3.